The van der Waals surface area contributed by atoms with Gasteiger partial charge in [-0.05, 0) is 280 Å². The summed E-state index contributed by atoms with van der Waals surface area (Å²) < 4.78 is 8.33. The molecule has 8 atom stereocenters. The maximum atomic E-state index is 13.3. The number of halogens is 4. The summed E-state index contributed by atoms with van der Waals surface area (Å²) in [6.07, 6.45) is 11.1. The number of nitrogens with zero attached hydrogens (tertiary/aromatic N) is 4. The van der Waals surface area contributed by atoms with E-state index in [0.717, 1.165) is 178 Å². The van der Waals surface area contributed by atoms with Crippen molar-refractivity contribution in [2.75, 3.05) is 72.7 Å². The van der Waals surface area contributed by atoms with Crippen LogP contribution in [0.3, 0.4) is 0 Å². The van der Waals surface area contributed by atoms with E-state index in [2.05, 4.69) is 36.4 Å². The Morgan fingerprint density at radius 2 is 0.650 bits per heavy atom. The average molecular weight is 1760 g/mol. The number of amides is 4. The van der Waals surface area contributed by atoms with E-state index in [9.17, 15) is 57.5 Å². The van der Waals surface area contributed by atoms with E-state index < -0.39 is 33.6 Å². The molecule has 4 saturated carbocycles. The Hall–Kier alpha value is -8.52. The summed E-state index contributed by atoms with van der Waals surface area (Å²) in [4.78, 5) is 161. The number of carbonyl (C=O) groups excluding carboxylic acids is 12. The first kappa shape index (κ1) is 95.1. The van der Waals surface area contributed by atoms with Gasteiger partial charge in [0.05, 0.1) is 6.42 Å². The molecule has 18 nitrogen and oxygen atoms in total. The molecule has 658 valence electrons. The standard InChI is InChI=1S/C28H33NO3.C27H30ClNO3.C23H28Cl3NO4.C23H31NO4/c1-18-13-19(2)26(20(3)14-18)27-24(30)17-23(28(27)32)15-22-9-11-29(12-10-22)25(31)16-21-7-5-4-6-8-21;1-16-12-17(2)24(18(3)13-16)25-23(30)15-21(26(25)31)14-19-8-10-29(11-9-19)27(32)20-4-6-22(28)7-5-20;1-13-8-14(2)19(15(3)9-13)20-18(28)11-17(21(20)29)10-16-4-6-27(7-5-16)22(30)31-12-23(24,25)26;1-14-9-15(2)21(16(3)10-14)22-19(25)12-18(23(22)27)11-17-5-7-24(8-6-17)20(26)13-28-4/h4-8,13-14,22-23,27H,9-12,15-17H2,1-3H3;4-7,12-13,19,21,25H,8-11,14-15H2,1-3H3;8-9,16-17,20H,4-7,10-12H2,1-3H3;9-10,17-18,22H,5-8,11-13H2,1-4H3. The van der Waals surface area contributed by atoms with Crippen molar-refractivity contribution in [1.29, 1.82) is 0 Å². The highest BCUT2D eigenvalue weighted by Gasteiger charge is 2.49. The summed E-state index contributed by atoms with van der Waals surface area (Å²) in [6, 6.07) is 33.3. The molecular formula is C101H122Cl4N4O14. The smallest absolute Gasteiger partial charge is 0.409 e. The molecule has 0 aromatic heterocycles. The molecule has 123 heavy (non-hydrogen) atoms. The van der Waals surface area contributed by atoms with Gasteiger partial charge in [-0.1, -0.05) is 148 Å². The maximum Gasteiger partial charge on any atom is 0.409 e. The molecule has 22 heteroatoms. The van der Waals surface area contributed by atoms with E-state index in [1.54, 1.807) is 29.2 Å². The van der Waals surface area contributed by atoms with E-state index in [1.165, 1.54) is 7.11 Å². The van der Waals surface area contributed by atoms with Crippen LogP contribution in [-0.2, 0) is 63.8 Å². The molecule has 0 bridgehead atoms. The fraction of sp³-hybridized carbons (Fsp3) is 0.525. The number of carbonyl (C=O) groups is 12. The summed E-state index contributed by atoms with van der Waals surface area (Å²) in [6.45, 7) is 29.2. The largest absolute Gasteiger partial charge is 0.445 e. The minimum Gasteiger partial charge on any atom is -0.445 e. The van der Waals surface area contributed by atoms with Gasteiger partial charge in [-0.25, -0.2) is 4.79 Å². The molecule has 0 spiro atoms. The fourth-order valence-corrected chi connectivity index (χ4v) is 21.6. The quantitative estimate of drug-likeness (QED) is 0.0575. The van der Waals surface area contributed by atoms with E-state index in [1.807, 2.05) is 140 Å². The zero-order chi connectivity index (χ0) is 89.2. The number of ketones is 8. The highest BCUT2D eigenvalue weighted by Crippen LogP contribution is 2.46. The summed E-state index contributed by atoms with van der Waals surface area (Å²) in [5.41, 5.74) is 18.2. The first-order valence-corrected chi connectivity index (χ1v) is 45.5. The summed E-state index contributed by atoms with van der Waals surface area (Å²) in [7, 11) is 1.53. The van der Waals surface area contributed by atoms with Gasteiger partial charge in [0, 0.05) is 119 Å². The Balaban J connectivity index is 0.000000160. The van der Waals surface area contributed by atoms with Gasteiger partial charge in [-0.2, -0.15) is 0 Å². The molecule has 4 saturated heterocycles. The highest BCUT2D eigenvalue weighted by molar-refractivity contribution is 6.67. The number of Topliss-reactive ketones (excluding diaryl/α,β-unsaturated/α-hetero) is 8. The second kappa shape index (κ2) is 42.2. The number of alkyl halides is 3. The van der Waals surface area contributed by atoms with Crippen molar-refractivity contribution >= 4 is 116 Å². The van der Waals surface area contributed by atoms with Gasteiger partial charge in [0.1, 0.15) is 60.0 Å². The number of likely N-dealkylation sites (tertiary alicyclic amines) is 4. The van der Waals surface area contributed by atoms with Gasteiger partial charge >= 0.3 is 6.09 Å². The number of rotatable bonds is 18. The molecule has 0 radical (unpaired) electrons. The number of methoxy groups -OCH3 is 1. The first-order valence-electron chi connectivity index (χ1n) is 44.0. The molecule has 14 rings (SSSR count). The van der Waals surface area contributed by atoms with Gasteiger partial charge in [0.25, 0.3) is 5.91 Å². The zero-order valence-corrected chi connectivity index (χ0v) is 76.9. The number of piperidine rings is 4. The summed E-state index contributed by atoms with van der Waals surface area (Å²) in [5.74, 6) is -0.979. The van der Waals surface area contributed by atoms with Gasteiger partial charge in [-0.15, -0.1) is 0 Å². The van der Waals surface area contributed by atoms with Gasteiger partial charge in [-0.3, -0.25) is 52.7 Å². The van der Waals surface area contributed by atoms with Crippen LogP contribution in [0, 0.1) is 130 Å². The normalized spacial score (nSPS) is 22.5. The molecule has 6 aromatic carbocycles. The van der Waals surface area contributed by atoms with Crippen LogP contribution < -0.4 is 0 Å². The molecule has 8 aliphatic rings. The second-order valence-electron chi connectivity index (χ2n) is 36.6. The van der Waals surface area contributed by atoms with Crippen molar-refractivity contribution < 1.29 is 67.0 Å². The van der Waals surface area contributed by atoms with Crippen molar-refractivity contribution in [2.45, 2.75) is 220 Å². The van der Waals surface area contributed by atoms with Crippen molar-refractivity contribution in [3.8, 4) is 0 Å². The van der Waals surface area contributed by atoms with Crippen molar-refractivity contribution in [3.63, 3.8) is 0 Å². The van der Waals surface area contributed by atoms with Crippen LogP contribution in [-0.4, -0.2) is 166 Å². The lowest BCUT2D eigenvalue weighted by atomic mass is 9.83. The maximum absolute atomic E-state index is 13.3. The number of ether oxygens (including phenoxy) is 2. The topological polar surface area (TPSA) is 236 Å². The van der Waals surface area contributed by atoms with Crippen LogP contribution in [0.1, 0.15) is 231 Å². The predicted octanol–water partition coefficient (Wildman–Crippen LogP) is 18.8. The Morgan fingerprint density at radius 3 is 0.935 bits per heavy atom. The third-order valence-electron chi connectivity index (χ3n) is 27.0. The lowest BCUT2D eigenvalue weighted by Crippen LogP contribution is -2.40. The van der Waals surface area contributed by atoms with Gasteiger partial charge < -0.3 is 29.1 Å². The van der Waals surface area contributed by atoms with E-state index >= 15 is 0 Å². The van der Waals surface area contributed by atoms with Crippen LogP contribution in [0.25, 0.3) is 0 Å². The Labute approximate surface area is 746 Å². The number of hydrogen-bond donors (Lipinski definition) is 0. The Morgan fingerprint density at radius 1 is 0.374 bits per heavy atom. The SMILES string of the molecule is COCC(=O)N1CCC(CC2CC(=O)C(c3c(C)cc(C)cc3C)C2=O)CC1.Cc1cc(C)c(C2C(=O)CC(CC3CCN(C(=O)Cc4ccccc4)CC3)C2=O)c(C)c1.Cc1cc(C)c(C2C(=O)CC(CC3CCN(C(=O)OCC(Cl)(Cl)Cl)CC3)C2=O)c(C)c1.Cc1cc(C)c(C2C(=O)CC(CC3CCN(C(=O)c4ccc(Cl)cc4)CC3)C2=O)c(C)c1. The zero-order valence-electron chi connectivity index (χ0n) is 73.9. The molecule has 8 unspecified atom stereocenters. The minimum atomic E-state index is -1.63. The number of benzene rings is 6. The van der Waals surface area contributed by atoms with Crippen LogP contribution in [0.2, 0.25) is 5.02 Å². The minimum absolute atomic E-state index is 0.0256. The van der Waals surface area contributed by atoms with Crippen LogP contribution >= 0.6 is 46.4 Å². The van der Waals surface area contributed by atoms with E-state index in [0.29, 0.717) is 106 Å². The number of hydrogen-bond acceptors (Lipinski definition) is 14. The molecule has 4 heterocycles. The molecule has 0 N–H and O–H groups in total. The van der Waals surface area contributed by atoms with Gasteiger partial charge in [0.2, 0.25) is 15.6 Å². The molecule has 8 fully saturated rings. The van der Waals surface area contributed by atoms with Crippen molar-refractivity contribution in [1.82, 2.24) is 19.6 Å². The lowest BCUT2D eigenvalue weighted by molar-refractivity contribution is -0.137. The Bertz CT molecular complexity index is 4850. The first-order chi connectivity index (χ1) is 58.3. The monoisotopic (exact) mass is 1750 g/mol. The third-order valence-corrected chi connectivity index (χ3v) is 27.6. The highest BCUT2D eigenvalue weighted by atomic mass is 35.6. The third kappa shape index (κ3) is 24.0. The predicted molar refractivity (Wildman–Crippen MR) is 481 cm³/mol. The van der Waals surface area contributed by atoms with Crippen molar-refractivity contribution in [3.05, 3.63) is 208 Å². The van der Waals surface area contributed by atoms with Crippen LogP contribution in [0.4, 0.5) is 4.79 Å². The molecule has 4 aliphatic heterocycles. The molecule has 6 aromatic rings. The van der Waals surface area contributed by atoms with Gasteiger partial charge in [0.15, 0.2) is 23.1 Å². The number of aryl methyl sites for hydroxylation is 12. The molecule has 4 aliphatic carbocycles. The van der Waals surface area contributed by atoms with E-state index in [-0.39, 0.29) is 107 Å². The van der Waals surface area contributed by atoms with Crippen LogP contribution in [0.15, 0.2) is 103 Å². The second-order valence-corrected chi connectivity index (χ2v) is 39.5. The molecule has 4 amide bonds. The lowest BCUT2D eigenvalue weighted by Gasteiger charge is -2.33. The van der Waals surface area contributed by atoms with Crippen LogP contribution in [0.5, 0.6) is 0 Å². The summed E-state index contributed by atoms with van der Waals surface area (Å²) in [5, 5.41) is 0.616. The average Bonchev–Trinajstić information content (AvgIpc) is 1.66. The Kier molecular flexibility index (Phi) is 32.6. The fourth-order valence-electron chi connectivity index (χ4n) is 21.3. The summed E-state index contributed by atoms with van der Waals surface area (Å²) >= 11 is 22.8. The van der Waals surface area contributed by atoms with Crippen molar-refractivity contribution in [2.24, 2.45) is 47.3 Å². The molecular weight excluding hydrogens is 1630 g/mol. The van der Waals surface area contributed by atoms with E-state index in [4.69, 9.17) is 55.9 Å².